The molecule has 0 aliphatic carbocycles. The molecule has 0 radical (unpaired) electrons. The molecule has 0 saturated carbocycles. The zero-order chi connectivity index (χ0) is 15.1. The number of ether oxygens (including phenoxy) is 1. The molecule has 2 atom stereocenters. The fourth-order valence-electron chi connectivity index (χ4n) is 1.10. The summed E-state index contributed by atoms with van der Waals surface area (Å²) >= 11 is 0. The van der Waals surface area contributed by atoms with Crippen LogP contribution in [0.4, 0.5) is 0 Å². The molecule has 114 valence electrons. The minimum atomic E-state index is -4.66. The molecule has 0 spiro atoms. The zero-order valence-corrected chi connectivity index (χ0v) is 11.1. The maximum Gasteiger partial charge on any atom is 0.397 e. The normalized spacial score (nSPS) is 16.8. The predicted molar refractivity (Wildman–Crippen MR) is 61.4 cm³/mol. The molecule has 0 aromatic heterocycles. The lowest BCUT2D eigenvalue weighted by Crippen LogP contribution is -2.46. The number of aliphatic hydroxyl groups is 2. The van der Waals surface area contributed by atoms with Gasteiger partial charge in [0.05, 0.1) is 13.2 Å². The summed E-state index contributed by atoms with van der Waals surface area (Å²) in [5, 5.41) is 29.0. The van der Waals surface area contributed by atoms with Crippen LogP contribution in [0.5, 0.6) is 0 Å². The number of hydrogen-bond acceptors (Lipinski definition) is 8. The molecule has 19 heavy (non-hydrogen) atoms. The molecule has 3 N–H and O–H groups in total. The van der Waals surface area contributed by atoms with E-state index in [9.17, 15) is 23.6 Å². The van der Waals surface area contributed by atoms with Crippen molar-refractivity contribution in [1.29, 1.82) is 0 Å². The van der Waals surface area contributed by atoms with Gasteiger partial charge in [-0.1, -0.05) is 6.92 Å². The average Bonchev–Trinajstić information content (AvgIpc) is 2.31. The summed E-state index contributed by atoms with van der Waals surface area (Å²) in [4.78, 5) is 10.1. The molecule has 11 heteroatoms. The SMILES string of the molecule is CCC(CO)(COCC(O)COS(=O)(=O)O)[N+](=O)[O-]. The van der Waals surface area contributed by atoms with Crippen molar-refractivity contribution in [1.82, 2.24) is 0 Å². The van der Waals surface area contributed by atoms with Crippen molar-refractivity contribution in [2.75, 3.05) is 26.4 Å². The first kappa shape index (κ1) is 18.1. The second-order valence-electron chi connectivity index (χ2n) is 3.87. The summed E-state index contributed by atoms with van der Waals surface area (Å²) < 4.78 is 37.4. The van der Waals surface area contributed by atoms with Crippen LogP contribution in [-0.4, -0.2) is 66.2 Å². The standard InChI is InChI=1S/C8H17NO9S/c1-2-8(5-10,9(12)13)6-17-3-7(11)4-18-19(14,15)16/h7,10-11H,2-6H2,1H3,(H,14,15,16). The lowest BCUT2D eigenvalue weighted by molar-refractivity contribution is -0.578. The van der Waals surface area contributed by atoms with Crippen molar-refractivity contribution in [2.45, 2.75) is 25.0 Å². The minimum absolute atomic E-state index is 0.0219. The van der Waals surface area contributed by atoms with Gasteiger partial charge in [0.1, 0.15) is 19.3 Å². The van der Waals surface area contributed by atoms with Crippen molar-refractivity contribution in [3.63, 3.8) is 0 Å². The van der Waals surface area contributed by atoms with Crippen molar-refractivity contribution < 1.29 is 37.0 Å². The molecule has 0 amide bonds. The van der Waals surface area contributed by atoms with E-state index in [1.807, 2.05) is 0 Å². The van der Waals surface area contributed by atoms with E-state index in [1.54, 1.807) is 0 Å². The van der Waals surface area contributed by atoms with E-state index < -0.39 is 53.4 Å². The summed E-state index contributed by atoms with van der Waals surface area (Å²) in [6, 6.07) is 0. The third-order valence-corrected chi connectivity index (χ3v) is 2.86. The lowest BCUT2D eigenvalue weighted by atomic mass is 10.00. The Balaban J connectivity index is 4.17. The third kappa shape index (κ3) is 6.75. The quantitative estimate of drug-likeness (QED) is 0.251. The van der Waals surface area contributed by atoms with Gasteiger partial charge in [-0.25, -0.2) is 4.18 Å². The fraction of sp³-hybridized carbons (Fsp3) is 1.00. The molecule has 0 bridgehead atoms. The Morgan fingerprint density at radius 3 is 2.37 bits per heavy atom. The highest BCUT2D eigenvalue weighted by atomic mass is 32.3. The third-order valence-electron chi connectivity index (χ3n) is 2.43. The molecule has 2 unspecified atom stereocenters. The minimum Gasteiger partial charge on any atom is -0.389 e. The van der Waals surface area contributed by atoms with E-state index in [0.29, 0.717) is 0 Å². The van der Waals surface area contributed by atoms with Gasteiger partial charge in [-0.15, -0.1) is 0 Å². The summed E-state index contributed by atoms with van der Waals surface area (Å²) in [6.07, 6.45) is -1.37. The summed E-state index contributed by atoms with van der Waals surface area (Å²) in [7, 11) is -4.66. The van der Waals surface area contributed by atoms with Gasteiger partial charge < -0.3 is 14.9 Å². The maximum atomic E-state index is 10.8. The van der Waals surface area contributed by atoms with Gasteiger partial charge in [0.15, 0.2) is 0 Å². The smallest absolute Gasteiger partial charge is 0.389 e. The first-order valence-electron chi connectivity index (χ1n) is 5.30. The molecule has 0 fully saturated rings. The first-order valence-corrected chi connectivity index (χ1v) is 6.66. The largest absolute Gasteiger partial charge is 0.397 e. The number of rotatable bonds is 10. The molecule has 0 rings (SSSR count). The van der Waals surface area contributed by atoms with Gasteiger partial charge in [-0.05, 0) is 0 Å². The highest BCUT2D eigenvalue weighted by Crippen LogP contribution is 2.14. The zero-order valence-electron chi connectivity index (χ0n) is 10.3. The van der Waals surface area contributed by atoms with Gasteiger partial charge in [-0.2, -0.15) is 8.42 Å². The first-order chi connectivity index (χ1) is 8.67. The molecule has 0 aromatic rings. The van der Waals surface area contributed by atoms with Crippen LogP contribution in [0.1, 0.15) is 13.3 Å². The Hall–Kier alpha value is -0.850. The number of hydrogen-bond donors (Lipinski definition) is 3. The van der Waals surface area contributed by atoms with E-state index in [4.69, 9.17) is 14.4 Å². The Labute approximate surface area is 110 Å². The van der Waals surface area contributed by atoms with Crippen molar-refractivity contribution >= 4 is 10.4 Å². The highest BCUT2D eigenvalue weighted by molar-refractivity contribution is 7.80. The van der Waals surface area contributed by atoms with Crippen LogP contribution in [0.15, 0.2) is 0 Å². The summed E-state index contributed by atoms with van der Waals surface area (Å²) in [5.74, 6) is 0. The van der Waals surface area contributed by atoms with Gasteiger partial charge in [0.2, 0.25) is 0 Å². The Kier molecular flexibility index (Phi) is 7.33. The molecule has 0 aliphatic rings. The molecule has 0 heterocycles. The highest BCUT2D eigenvalue weighted by Gasteiger charge is 2.40. The topological polar surface area (TPSA) is 156 Å². The molecule has 0 saturated heterocycles. The average molecular weight is 303 g/mol. The van der Waals surface area contributed by atoms with E-state index in [1.165, 1.54) is 6.92 Å². The molecule has 10 nitrogen and oxygen atoms in total. The van der Waals surface area contributed by atoms with Crippen LogP contribution < -0.4 is 0 Å². The van der Waals surface area contributed by atoms with Gasteiger partial charge >= 0.3 is 10.4 Å². The van der Waals surface area contributed by atoms with Crippen LogP contribution in [0.3, 0.4) is 0 Å². The van der Waals surface area contributed by atoms with E-state index in [-0.39, 0.29) is 6.42 Å². The van der Waals surface area contributed by atoms with Crippen LogP contribution >= 0.6 is 0 Å². The van der Waals surface area contributed by atoms with Crippen molar-refractivity contribution in [2.24, 2.45) is 0 Å². The van der Waals surface area contributed by atoms with Crippen LogP contribution in [0.2, 0.25) is 0 Å². The maximum absolute atomic E-state index is 10.8. The Morgan fingerprint density at radius 2 is 2.00 bits per heavy atom. The second-order valence-corrected chi connectivity index (χ2v) is 4.97. The molecular weight excluding hydrogens is 286 g/mol. The van der Waals surface area contributed by atoms with Gasteiger partial charge in [0.25, 0.3) is 5.54 Å². The van der Waals surface area contributed by atoms with Crippen LogP contribution in [-0.2, 0) is 19.3 Å². The molecule has 0 aliphatic heterocycles. The van der Waals surface area contributed by atoms with Crippen molar-refractivity contribution in [3.05, 3.63) is 10.1 Å². The van der Waals surface area contributed by atoms with Crippen LogP contribution in [0, 0.1) is 10.1 Å². The second kappa shape index (κ2) is 7.67. The van der Waals surface area contributed by atoms with E-state index >= 15 is 0 Å². The Morgan fingerprint density at radius 1 is 1.42 bits per heavy atom. The summed E-state index contributed by atoms with van der Waals surface area (Å²) in [5.41, 5.74) is -1.66. The Bertz CT molecular complexity index is 378. The fourth-order valence-corrected chi connectivity index (χ4v) is 1.43. The number of nitro groups is 1. The molecular formula is C8H17NO9S. The monoisotopic (exact) mass is 303 g/mol. The predicted octanol–water partition coefficient (Wildman–Crippen LogP) is -1.40. The van der Waals surface area contributed by atoms with E-state index in [0.717, 1.165) is 0 Å². The molecule has 0 aromatic carbocycles. The number of nitrogens with zero attached hydrogens (tertiary/aromatic N) is 1. The van der Waals surface area contributed by atoms with Crippen LogP contribution in [0.25, 0.3) is 0 Å². The lowest BCUT2D eigenvalue weighted by Gasteiger charge is -2.22. The number of aliphatic hydroxyl groups excluding tert-OH is 2. The van der Waals surface area contributed by atoms with E-state index in [2.05, 4.69) is 4.18 Å². The van der Waals surface area contributed by atoms with Crippen molar-refractivity contribution in [3.8, 4) is 0 Å². The summed E-state index contributed by atoms with van der Waals surface area (Å²) in [6.45, 7) is -0.856. The van der Waals surface area contributed by atoms with Gasteiger partial charge in [-0.3, -0.25) is 14.7 Å². The van der Waals surface area contributed by atoms with Gasteiger partial charge in [0, 0.05) is 11.3 Å².